The third-order valence-electron chi connectivity index (χ3n) is 12.7. The van der Waals surface area contributed by atoms with E-state index in [9.17, 15) is 45.6 Å². The second-order valence-electron chi connectivity index (χ2n) is 19.0. The maximum absolute atomic E-state index is 13.2. The van der Waals surface area contributed by atoms with E-state index >= 15 is 0 Å². The van der Waals surface area contributed by atoms with Crippen molar-refractivity contribution in [1.82, 2.24) is 5.32 Å². The van der Waals surface area contributed by atoms with E-state index < -0.39 is 86.8 Å². The van der Waals surface area contributed by atoms with Gasteiger partial charge in [-0.3, -0.25) is 4.79 Å². The summed E-state index contributed by atoms with van der Waals surface area (Å²) in [5.41, 5.74) is 0. The van der Waals surface area contributed by atoms with Gasteiger partial charge in [-0.2, -0.15) is 0 Å². The number of rotatable bonds is 41. The Balaban J connectivity index is 1.84. The Hall–Kier alpha value is -3.35. The summed E-state index contributed by atoms with van der Waals surface area (Å²) in [7, 11) is 0. The first-order valence-corrected chi connectivity index (χ1v) is 27.6. The van der Waals surface area contributed by atoms with Gasteiger partial charge in [-0.25, -0.2) is 0 Å². The summed E-state index contributed by atoms with van der Waals surface area (Å²) in [5, 5.41) is 86.9. The molecule has 0 aromatic rings. The normalized spacial score (nSPS) is 26.3. The molecule has 2 rings (SSSR count). The van der Waals surface area contributed by atoms with Crippen LogP contribution in [0.4, 0.5) is 0 Å². The predicted octanol–water partition coefficient (Wildman–Crippen LogP) is 8.49. The molecule has 73 heavy (non-hydrogen) atoms. The molecule has 12 atom stereocenters. The Bertz CT molecular complexity index is 1640. The molecule has 2 heterocycles. The van der Waals surface area contributed by atoms with Crippen molar-refractivity contribution >= 4 is 5.91 Å². The minimum absolute atomic E-state index is 0.233. The molecule has 9 N–H and O–H groups in total. The van der Waals surface area contributed by atoms with Crippen molar-refractivity contribution in [2.24, 2.45) is 0 Å². The molecule has 0 radical (unpaired) electrons. The molecule has 0 aliphatic carbocycles. The first-order valence-electron chi connectivity index (χ1n) is 27.6. The van der Waals surface area contributed by atoms with E-state index in [-0.39, 0.29) is 18.9 Å². The van der Waals surface area contributed by atoms with Crippen molar-refractivity contribution in [2.45, 2.75) is 235 Å². The van der Waals surface area contributed by atoms with Gasteiger partial charge in [0.25, 0.3) is 0 Å². The second kappa shape index (κ2) is 43.8. The number of carbonyl (C=O) groups excluding carboxylic acids is 1. The van der Waals surface area contributed by atoms with E-state index in [0.717, 1.165) is 89.9 Å². The van der Waals surface area contributed by atoms with Crippen LogP contribution in [-0.4, -0.2) is 140 Å². The summed E-state index contributed by atoms with van der Waals surface area (Å²) < 4.78 is 22.7. The Morgan fingerprint density at radius 2 is 0.959 bits per heavy atom. The molecule has 2 aliphatic rings. The minimum atomic E-state index is -1.80. The summed E-state index contributed by atoms with van der Waals surface area (Å²) in [6.45, 7) is 2.60. The van der Waals surface area contributed by atoms with Gasteiger partial charge in [-0.15, -0.1) is 0 Å². The van der Waals surface area contributed by atoms with Gasteiger partial charge < -0.3 is 65.1 Å². The standard InChI is InChI=1S/C59H97NO13/c1-3-5-7-9-11-13-15-17-19-21-22-23-24-25-26-27-29-31-33-35-37-39-41-43-51(64)60-47(48(63)42-40-38-36-34-32-30-28-20-18-16-14-12-10-8-6-4-2)46-70-58-56(69)54(67)57(50(45-62)72-58)73-59-55(68)53(66)52(65)49(44-61)71-59/h5,7,11,13,17-20,22-23,25-26,29,31-32,34,40,42,47-50,52-59,61-63,65-69H,3-4,6,8-10,12,14-16,21,24,27-28,30,33,35-39,41,43-46H2,1-2H3,(H,60,64)/b7-5-,13-11-,19-17-,20-18+,23-22-,26-25-,31-29-,34-32+,42-40+. The van der Waals surface area contributed by atoms with Crippen molar-refractivity contribution in [3.63, 3.8) is 0 Å². The number of unbranched alkanes of at least 4 members (excludes halogenated alkanes) is 12. The third kappa shape index (κ3) is 30.1. The fourth-order valence-electron chi connectivity index (χ4n) is 8.21. The highest BCUT2D eigenvalue weighted by Gasteiger charge is 2.51. The highest BCUT2D eigenvalue weighted by molar-refractivity contribution is 5.76. The van der Waals surface area contributed by atoms with E-state index in [2.05, 4.69) is 116 Å². The topological polar surface area (TPSA) is 228 Å². The van der Waals surface area contributed by atoms with Crippen molar-refractivity contribution in [2.75, 3.05) is 19.8 Å². The lowest BCUT2D eigenvalue weighted by Gasteiger charge is -2.46. The molecule has 1 amide bonds. The van der Waals surface area contributed by atoms with Gasteiger partial charge >= 0.3 is 0 Å². The maximum Gasteiger partial charge on any atom is 0.220 e. The fraction of sp³-hybridized carbons (Fsp3) is 0.678. The average Bonchev–Trinajstić information content (AvgIpc) is 3.39. The fourth-order valence-corrected chi connectivity index (χ4v) is 8.21. The number of aliphatic hydroxyl groups excluding tert-OH is 8. The number of carbonyl (C=O) groups is 1. The molecule has 14 nitrogen and oxygen atoms in total. The lowest BCUT2D eigenvalue weighted by atomic mass is 9.97. The quantitative estimate of drug-likeness (QED) is 0.0207. The molecule has 2 fully saturated rings. The molecule has 0 bridgehead atoms. The summed E-state index contributed by atoms with van der Waals surface area (Å²) in [6, 6.07) is -0.959. The Morgan fingerprint density at radius 1 is 0.507 bits per heavy atom. The minimum Gasteiger partial charge on any atom is -0.394 e. The van der Waals surface area contributed by atoms with E-state index in [1.807, 2.05) is 6.08 Å². The van der Waals surface area contributed by atoms with Crippen LogP contribution in [0.5, 0.6) is 0 Å². The van der Waals surface area contributed by atoms with Gasteiger partial charge in [-0.05, 0) is 96.3 Å². The van der Waals surface area contributed by atoms with E-state index in [4.69, 9.17) is 18.9 Å². The van der Waals surface area contributed by atoms with Gasteiger partial charge in [0, 0.05) is 6.42 Å². The first-order chi connectivity index (χ1) is 35.6. The highest BCUT2D eigenvalue weighted by Crippen LogP contribution is 2.30. The van der Waals surface area contributed by atoms with E-state index in [1.165, 1.54) is 38.5 Å². The number of hydrogen-bond donors (Lipinski definition) is 9. The average molecular weight is 1030 g/mol. The van der Waals surface area contributed by atoms with Crippen molar-refractivity contribution in [1.29, 1.82) is 0 Å². The second-order valence-corrected chi connectivity index (χ2v) is 19.0. The van der Waals surface area contributed by atoms with Crippen LogP contribution >= 0.6 is 0 Å². The van der Waals surface area contributed by atoms with E-state index in [0.29, 0.717) is 12.8 Å². The summed E-state index contributed by atoms with van der Waals surface area (Å²) in [6.07, 6.45) is 44.0. The molecule has 0 spiro atoms. The zero-order chi connectivity index (χ0) is 53.2. The summed E-state index contributed by atoms with van der Waals surface area (Å²) >= 11 is 0. The van der Waals surface area contributed by atoms with Gasteiger partial charge in [0.2, 0.25) is 5.91 Å². The largest absolute Gasteiger partial charge is 0.394 e. The monoisotopic (exact) mass is 1030 g/mol. The zero-order valence-electron chi connectivity index (χ0n) is 44.3. The first kappa shape index (κ1) is 65.8. The van der Waals surface area contributed by atoms with Crippen molar-refractivity contribution in [3.8, 4) is 0 Å². The van der Waals surface area contributed by atoms with Crippen LogP contribution in [0, 0.1) is 0 Å². The molecule has 14 heteroatoms. The predicted molar refractivity (Wildman–Crippen MR) is 290 cm³/mol. The van der Waals surface area contributed by atoms with Gasteiger partial charge in [0.15, 0.2) is 12.6 Å². The van der Waals surface area contributed by atoms with Crippen LogP contribution in [0.3, 0.4) is 0 Å². The van der Waals surface area contributed by atoms with Gasteiger partial charge in [0.1, 0.15) is 48.8 Å². The molecular weight excluding hydrogens is 931 g/mol. The molecule has 0 aromatic carbocycles. The summed E-state index contributed by atoms with van der Waals surface area (Å²) in [4.78, 5) is 13.2. The number of hydrogen-bond acceptors (Lipinski definition) is 13. The van der Waals surface area contributed by atoms with Gasteiger partial charge in [-0.1, -0.05) is 168 Å². The number of allylic oxidation sites excluding steroid dienone is 17. The van der Waals surface area contributed by atoms with Crippen LogP contribution in [0.15, 0.2) is 109 Å². The number of nitrogens with one attached hydrogen (secondary N) is 1. The van der Waals surface area contributed by atoms with Crippen LogP contribution < -0.4 is 5.32 Å². The van der Waals surface area contributed by atoms with Crippen LogP contribution in [0.1, 0.15) is 162 Å². The molecule has 416 valence electrons. The van der Waals surface area contributed by atoms with Crippen molar-refractivity contribution < 1.29 is 64.6 Å². The molecule has 0 aromatic heterocycles. The Morgan fingerprint density at radius 3 is 1.51 bits per heavy atom. The third-order valence-corrected chi connectivity index (χ3v) is 12.7. The molecular formula is C59H97NO13. The molecule has 2 aliphatic heterocycles. The van der Waals surface area contributed by atoms with Crippen LogP contribution in [-0.2, 0) is 23.7 Å². The number of aliphatic hydroxyl groups is 8. The smallest absolute Gasteiger partial charge is 0.220 e. The van der Waals surface area contributed by atoms with E-state index in [1.54, 1.807) is 6.08 Å². The number of amides is 1. The number of ether oxygens (including phenoxy) is 4. The lowest BCUT2D eigenvalue weighted by molar-refractivity contribution is -0.359. The highest BCUT2D eigenvalue weighted by atomic mass is 16.7. The molecule has 12 unspecified atom stereocenters. The molecule has 0 saturated carbocycles. The zero-order valence-corrected chi connectivity index (χ0v) is 44.3. The summed E-state index contributed by atoms with van der Waals surface area (Å²) in [5.74, 6) is -0.284. The van der Waals surface area contributed by atoms with Crippen molar-refractivity contribution in [3.05, 3.63) is 109 Å². The SMILES string of the molecule is CC/C=C\C/C=C\C/C=C\C/C=C\C/C=C\C/C=C\CCCCCCC(=O)NC(COC1OC(CO)C(OC2OC(CO)C(O)C(O)C2O)C(O)C1O)C(O)/C=C/CC/C=C/CC/C=C/CCCCCCCC. The van der Waals surface area contributed by atoms with Crippen LogP contribution in [0.2, 0.25) is 0 Å². The maximum atomic E-state index is 13.2. The lowest BCUT2D eigenvalue weighted by Crippen LogP contribution is -2.65. The van der Waals surface area contributed by atoms with Gasteiger partial charge in [0.05, 0.1) is 32.0 Å². The van der Waals surface area contributed by atoms with Crippen LogP contribution in [0.25, 0.3) is 0 Å². The Labute approximate surface area is 438 Å². The Kier molecular flexibility index (Phi) is 39.5. The molecule has 2 saturated heterocycles.